The van der Waals surface area contributed by atoms with Gasteiger partial charge in [0.1, 0.15) is 17.4 Å². The highest BCUT2D eigenvalue weighted by Gasteiger charge is 2.07. The first kappa shape index (κ1) is 13.7. The average Bonchev–Trinajstić information content (AvgIpc) is 2.93. The zero-order valence-electron chi connectivity index (χ0n) is 11.1. The van der Waals surface area contributed by atoms with Crippen LogP contribution in [0.5, 0.6) is 0 Å². The molecule has 0 aliphatic heterocycles. The molecule has 0 saturated heterocycles. The number of carbonyl (C=O) groups excluding carboxylic acids is 1. The number of ether oxygens (including phenoxy) is 1. The maximum absolute atomic E-state index is 11.3. The predicted octanol–water partition coefficient (Wildman–Crippen LogP) is 2.44. The summed E-state index contributed by atoms with van der Waals surface area (Å²) in [6.45, 7) is 2.52. The van der Waals surface area contributed by atoms with Gasteiger partial charge in [0.2, 0.25) is 0 Å². The van der Waals surface area contributed by atoms with Crippen molar-refractivity contribution in [1.29, 1.82) is 0 Å². The van der Waals surface area contributed by atoms with Crippen molar-refractivity contribution < 1.29 is 13.9 Å². The smallest absolute Gasteiger partial charge is 0.411 e. The quantitative estimate of drug-likeness (QED) is 0.775. The van der Waals surface area contributed by atoms with E-state index in [-0.39, 0.29) is 5.82 Å². The molecule has 0 unspecified atom stereocenters. The molecule has 1 amide bonds. The molecule has 2 aromatic rings. The summed E-state index contributed by atoms with van der Waals surface area (Å²) < 4.78 is 9.96. The lowest BCUT2D eigenvalue weighted by atomic mass is 10.3. The first-order valence-electron chi connectivity index (χ1n) is 6.15. The number of carbonyl (C=O) groups is 1. The Balaban J connectivity index is 1.96. The predicted molar refractivity (Wildman–Crippen MR) is 75.3 cm³/mol. The summed E-state index contributed by atoms with van der Waals surface area (Å²) in [5.74, 6) is 1.59. The van der Waals surface area contributed by atoms with Gasteiger partial charge in [-0.3, -0.25) is 5.32 Å². The first-order chi connectivity index (χ1) is 9.69. The number of furan rings is 1. The molecular formula is C13H16N4O3. The number of amides is 1. The van der Waals surface area contributed by atoms with Crippen molar-refractivity contribution in [2.24, 2.45) is 0 Å². The van der Waals surface area contributed by atoms with Gasteiger partial charge in [-0.2, -0.15) is 0 Å². The molecule has 7 heteroatoms. The molecule has 7 nitrogen and oxygen atoms in total. The Labute approximate surface area is 116 Å². The van der Waals surface area contributed by atoms with Gasteiger partial charge in [0.25, 0.3) is 0 Å². The molecule has 0 fully saturated rings. The Morgan fingerprint density at radius 3 is 2.95 bits per heavy atom. The minimum atomic E-state index is -0.558. The van der Waals surface area contributed by atoms with Gasteiger partial charge in [-0.05, 0) is 31.2 Å². The third kappa shape index (κ3) is 3.64. The van der Waals surface area contributed by atoms with E-state index in [0.29, 0.717) is 24.7 Å². The number of anilines is 3. The van der Waals surface area contributed by atoms with Crippen LogP contribution in [0.2, 0.25) is 0 Å². The number of hydrogen-bond acceptors (Lipinski definition) is 6. The fourth-order valence-corrected chi connectivity index (χ4v) is 1.55. The topological polar surface area (TPSA) is 102 Å². The van der Waals surface area contributed by atoms with Gasteiger partial charge in [0, 0.05) is 0 Å². The Bertz CT molecular complexity index is 569. The zero-order chi connectivity index (χ0) is 14.4. The van der Waals surface area contributed by atoms with Gasteiger partial charge in [-0.25, -0.2) is 9.78 Å². The van der Waals surface area contributed by atoms with Gasteiger partial charge in [0.05, 0.1) is 25.1 Å². The van der Waals surface area contributed by atoms with Crippen molar-refractivity contribution in [2.45, 2.75) is 13.5 Å². The van der Waals surface area contributed by atoms with Crippen LogP contribution >= 0.6 is 0 Å². The number of pyridine rings is 1. The molecule has 0 radical (unpaired) electrons. The summed E-state index contributed by atoms with van der Waals surface area (Å²) in [6, 6.07) is 7.03. The number of aromatic nitrogens is 1. The Kier molecular flexibility index (Phi) is 4.43. The number of nitrogens with zero attached hydrogens (tertiary/aromatic N) is 1. The van der Waals surface area contributed by atoms with Crippen LogP contribution < -0.4 is 16.4 Å². The fraction of sp³-hybridized carbons (Fsp3) is 0.231. The van der Waals surface area contributed by atoms with Crippen molar-refractivity contribution >= 4 is 23.4 Å². The summed E-state index contributed by atoms with van der Waals surface area (Å²) in [6.07, 6.45) is 1.04. The van der Waals surface area contributed by atoms with Crippen LogP contribution in [0.15, 0.2) is 34.9 Å². The van der Waals surface area contributed by atoms with E-state index in [0.717, 1.165) is 5.76 Å². The van der Waals surface area contributed by atoms with Crippen molar-refractivity contribution in [3.8, 4) is 0 Å². The normalized spacial score (nSPS) is 10.1. The minimum Gasteiger partial charge on any atom is -0.467 e. The molecule has 2 aromatic heterocycles. The Hall–Kier alpha value is -2.70. The second kappa shape index (κ2) is 6.46. The SMILES string of the molecule is CCOC(=O)Nc1ccc(NCc2ccco2)nc1N. The second-order valence-electron chi connectivity index (χ2n) is 3.91. The fourth-order valence-electron chi connectivity index (χ4n) is 1.55. The zero-order valence-corrected chi connectivity index (χ0v) is 11.1. The summed E-state index contributed by atoms with van der Waals surface area (Å²) in [5.41, 5.74) is 6.18. The molecule has 0 aliphatic carbocycles. The molecule has 2 rings (SSSR count). The molecule has 0 aliphatic rings. The van der Waals surface area contributed by atoms with Crippen LogP contribution in [0.25, 0.3) is 0 Å². The van der Waals surface area contributed by atoms with Crippen LogP contribution in [-0.2, 0) is 11.3 Å². The molecular weight excluding hydrogens is 260 g/mol. The summed E-state index contributed by atoms with van der Waals surface area (Å²) in [5, 5.41) is 5.58. The molecule has 0 spiro atoms. The van der Waals surface area contributed by atoms with E-state index < -0.39 is 6.09 Å². The van der Waals surface area contributed by atoms with Gasteiger partial charge >= 0.3 is 6.09 Å². The van der Waals surface area contributed by atoms with E-state index in [1.165, 1.54) is 0 Å². The lowest BCUT2D eigenvalue weighted by Crippen LogP contribution is -2.15. The van der Waals surface area contributed by atoms with Crippen molar-refractivity contribution in [3.05, 3.63) is 36.3 Å². The minimum absolute atomic E-state index is 0.211. The highest BCUT2D eigenvalue weighted by Crippen LogP contribution is 2.19. The van der Waals surface area contributed by atoms with Crippen LogP contribution in [-0.4, -0.2) is 17.7 Å². The van der Waals surface area contributed by atoms with Crippen molar-refractivity contribution in [3.63, 3.8) is 0 Å². The second-order valence-corrected chi connectivity index (χ2v) is 3.91. The van der Waals surface area contributed by atoms with Crippen molar-refractivity contribution in [1.82, 2.24) is 4.98 Å². The molecule has 0 atom stereocenters. The molecule has 20 heavy (non-hydrogen) atoms. The average molecular weight is 276 g/mol. The largest absolute Gasteiger partial charge is 0.467 e. The van der Waals surface area contributed by atoms with E-state index in [9.17, 15) is 4.79 Å². The lowest BCUT2D eigenvalue weighted by Gasteiger charge is -2.09. The van der Waals surface area contributed by atoms with Gasteiger partial charge in [0.15, 0.2) is 0 Å². The number of nitrogens with one attached hydrogen (secondary N) is 2. The number of nitrogen functional groups attached to an aromatic ring is 1. The maximum atomic E-state index is 11.3. The van der Waals surface area contributed by atoms with Gasteiger partial charge < -0.3 is 20.2 Å². The molecule has 0 saturated carbocycles. The van der Waals surface area contributed by atoms with Crippen LogP contribution in [0.1, 0.15) is 12.7 Å². The molecule has 2 heterocycles. The van der Waals surface area contributed by atoms with Crippen LogP contribution in [0, 0.1) is 0 Å². The summed E-state index contributed by atoms with van der Waals surface area (Å²) in [7, 11) is 0. The van der Waals surface area contributed by atoms with Gasteiger partial charge in [-0.1, -0.05) is 0 Å². The molecule has 106 valence electrons. The highest BCUT2D eigenvalue weighted by atomic mass is 16.5. The molecule has 4 N–H and O–H groups in total. The van der Waals surface area contributed by atoms with E-state index in [2.05, 4.69) is 15.6 Å². The first-order valence-corrected chi connectivity index (χ1v) is 6.15. The Morgan fingerprint density at radius 2 is 2.30 bits per heavy atom. The summed E-state index contributed by atoms with van der Waals surface area (Å²) >= 11 is 0. The monoisotopic (exact) mass is 276 g/mol. The number of nitrogens with two attached hydrogens (primary N) is 1. The maximum Gasteiger partial charge on any atom is 0.411 e. The third-order valence-corrected chi connectivity index (χ3v) is 2.46. The van der Waals surface area contributed by atoms with E-state index in [4.69, 9.17) is 14.9 Å². The van der Waals surface area contributed by atoms with Crippen molar-refractivity contribution in [2.75, 3.05) is 23.0 Å². The standard InChI is InChI=1S/C13H16N4O3/c1-2-19-13(18)16-10-5-6-11(17-12(10)14)15-8-9-4-3-7-20-9/h3-7H,2,8H2,1H3,(H,16,18)(H3,14,15,17). The Morgan fingerprint density at radius 1 is 1.45 bits per heavy atom. The number of rotatable bonds is 5. The number of hydrogen-bond donors (Lipinski definition) is 3. The van der Waals surface area contributed by atoms with E-state index >= 15 is 0 Å². The van der Waals surface area contributed by atoms with E-state index in [1.807, 2.05) is 12.1 Å². The van der Waals surface area contributed by atoms with Crippen LogP contribution in [0.4, 0.5) is 22.1 Å². The van der Waals surface area contributed by atoms with E-state index in [1.54, 1.807) is 25.3 Å². The molecule has 0 bridgehead atoms. The molecule has 0 aromatic carbocycles. The summed E-state index contributed by atoms with van der Waals surface area (Å²) in [4.78, 5) is 15.4. The third-order valence-electron chi connectivity index (χ3n) is 2.46. The van der Waals surface area contributed by atoms with Crippen LogP contribution in [0.3, 0.4) is 0 Å². The van der Waals surface area contributed by atoms with Gasteiger partial charge in [-0.15, -0.1) is 0 Å². The lowest BCUT2D eigenvalue weighted by molar-refractivity contribution is 0.168. The highest BCUT2D eigenvalue weighted by molar-refractivity contribution is 5.88.